The minimum atomic E-state index is -1.82. The van der Waals surface area contributed by atoms with Crippen LogP contribution in [-0.4, -0.2) is 21.8 Å². The summed E-state index contributed by atoms with van der Waals surface area (Å²) in [4.78, 5) is 11.9. The molecule has 3 nitrogen and oxygen atoms in total. The number of aliphatic hydroxyl groups is 1. The first-order valence-electron chi connectivity index (χ1n) is 9.05. The maximum Gasteiger partial charge on any atom is 0.336 e. The molecule has 0 aromatic heterocycles. The van der Waals surface area contributed by atoms with E-state index in [4.69, 9.17) is 0 Å². The zero-order valence-corrected chi connectivity index (χ0v) is 16.4. The quantitative estimate of drug-likeness (QED) is 0.790. The van der Waals surface area contributed by atoms with Crippen LogP contribution in [0.3, 0.4) is 0 Å². The molecule has 2 aromatic carbocycles. The number of carboxylic acids is 1. The summed E-state index contributed by atoms with van der Waals surface area (Å²) in [5, 5.41) is 20.7. The first-order chi connectivity index (χ1) is 11.9. The van der Waals surface area contributed by atoms with E-state index in [-0.39, 0.29) is 18.3 Å². The Morgan fingerprint density at radius 3 is 1.85 bits per heavy atom. The van der Waals surface area contributed by atoms with Gasteiger partial charge in [-0.25, -0.2) is 4.79 Å². The number of carboxylic acid groups (broad SMARTS) is 1. The summed E-state index contributed by atoms with van der Waals surface area (Å²) in [6.07, 6.45) is 0.226. The van der Waals surface area contributed by atoms with Crippen LogP contribution >= 0.6 is 0 Å². The van der Waals surface area contributed by atoms with E-state index in [1.165, 1.54) is 5.56 Å². The van der Waals surface area contributed by atoms with Gasteiger partial charge in [-0.2, -0.15) is 0 Å². The minimum Gasteiger partial charge on any atom is -0.479 e. The van der Waals surface area contributed by atoms with E-state index in [0.29, 0.717) is 0 Å². The minimum absolute atomic E-state index is 0.0386. The summed E-state index contributed by atoms with van der Waals surface area (Å²) >= 11 is 0. The van der Waals surface area contributed by atoms with Gasteiger partial charge in [-0.3, -0.25) is 0 Å². The molecule has 2 N–H and O–H groups in total. The molecule has 1 atom stereocenters. The number of hydrogen-bond donors (Lipinski definition) is 2. The van der Waals surface area contributed by atoms with E-state index < -0.39 is 17.0 Å². The Morgan fingerprint density at radius 1 is 0.846 bits per heavy atom. The molecule has 2 rings (SSSR count). The zero-order valence-electron chi connectivity index (χ0n) is 16.4. The molecule has 0 bridgehead atoms. The molecule has 3 heteroatoms. The number of hydrogen-bond acceptors (Lipinski definition) is 2. The average molecular weight is 354 g/mol. The van der Waals surface area contributed by atoms with Crippen molar-refractivity contribution in [3.05, 3.63) is 71.3 Å². The Labute approximate surface area is 156 Å². The maximum absolute atomic E-state index is 11.9. The van der Waals surface area contributed by atoms with Crippen molar-refractivity contribution in [2.24, 2.45) is 0 Å². The second-order valence-electron chi connectivity index (χ2n) is 8.89. The van der Waals surface area contributed by atoms with Crippen LogP contribution in [-0.2, 0) is 22.0 Å². The van der Waals surface area contributed by atoms with Crippen LogP contribution in [0.25, 0.3) is 0 Å². The van der Waals surface area contributed by atoms with E-state index >= 15 is 0 Å². The van der Waals surface area contributed by atoms with E-state index in [9.17, 15) is 15.0 Å². The first kappa shape index (κ1) is 20.2. The first-order valence-corrected chi connectivity index (χ1v) is 9.05. The Kier molecular flexibility index (Phi) is 5.62. The molecule has 0 aliphatic rings. The van der Waals surface area contributed by atoms with Crippen molar-refractivity contribution in [3.8, 4) is 0 Å². The zero-order chi connectivity index (χ0) is 19.6. The molecule has 0 aliphatic heterocycles. The van der Waals surface area contributed by atoms with Gasteiger partial charge in [-0.15, -0.1) is 0 Å². The van der Waals surface area contributed by atoms with Gasteiger partial charge in [0.2, 0.25) is 0 Å². The van der Waals surface area contributed by atoms with Gasteiger partial charge in [0.15, 0.2) is 5.60 Å². The lowest BCUT2D eigenvalue weighted by molar-refractivity contribution is -0.160. The fraction of sp³-hybridized carbons (Fsp3) is 0.435. The molecule has 0 fully saturated rings. The molecule has 0 saturated heterocycles. The molecule has 2 aromatic rings. The van der Waals surface area contributed by atoms with Crippen molar-refractivity contribution in [1.82, 2.24) is 0 Å². The molecule has 0 spiro atoms. The average Bonchev–Trinajstić information content (AvgIpc) is 2.54. The largest absolute Gasteiger partial charge is 0.479 e. The molecular formula is C23H30O3. The highest BCUT2D eigenvalue weighted by molar-refractivity contribution is 5.78. The SMILES string of the molecule is CC(C)(C)c1ccc(CC(O)(CC(C)(C)c2ccccc2)C(=O)O)cc1. The highest BCUT2D eigenvalue weighted by Gasteiger charge is 2.42. The predicted molar refractivity (Wildman–Crippen MR) is 106 cm³/mol. The van der Waals surface area contributed by atoms with Crippen LogP contribution in [0.15, 0.2) is 54.6 Å². The van der Waals surface area contributed by atoms with Gasteiger partial charge in [0.05, 0.1) is 0 Å². The number of carbonyl (C=O) groups is 1. The molecule has 0 heterocycles. The van der Waals surface area contributed by atoms with E-state index in [2.05, 4.69) is 20.8 Å². The summed E-state index contributed by atoms with van der Waals surface area (Å²) in [7, 11) is 0. The van der Waals surface area contributed by atoms with Gasteiger partial charge in [-0.05, 0) is 33.9 Å². The van der Waals surface area contributed by atoms with Crippen LogP contribution < -0.4 is 0 Å². The van der Waals surface area contributed by atoms with Crippen molar-refractivity contribution in [1.29, 1.82) is 0 Å². The van der Waals surface area contributed by atoms with Crippen LogP contribution in [0.4, 0.5) is 0 Å². The Balaban J connectivity index is 2.26. The predicted octanol–water partition coefficient (Wildman–Crippen LogP) is 4.71. The van der Waals surface area contributed by atoms with Crippen molar-refractivity contribution >= 4 is 5.97 Å². The molecular weight excluding hydrogens is 324 g/mol. The Hall–Kier alpha value is -2.13. The van der Waals surface area contributed by atoms with Gasteiger partial charge >= 0.3 is 5.97 Å². The summed E-state index contributed by atoms with van der Waals surface area (Å²) in [5.74, 6) is -1.18. The maximum atomic E-state index is 11.9. The topological polar surface area (TPSA) is 57.5 Å². The molecule has 0 aliphatic carbocycles. The molecule has 140 valence electrons. The highest BCUT2D eigenvalue weighted by atomic mass is 16.4. The molecule has 0 saturated carbocycles. The fourth-order valence-corrected chi connectivity index (χ4v) is 3.40. The van der Waals surface area contributed by atoms with E-state index in [1.54, 1.807) is 0 Å². The third-order valence-electron chi connectivity index (χ3n) is 5.00. The van der Waals surface area contributed by atoms with Crippen molar-refractivity contribution in [2.45, 2.75) is 63.9 Å². The summed E-state index contributed by atoms with van der Waals surface area (Å²) in [6.45, 7) is 10.4. The Morgan fingerprint density at radius 2 is 1.38 bits per heavy atom. The van der Waals surface area contributed by atoms with E-state index in [0.717, 1.165) is 11.1 Å². The normalized spacial score (nSPS) is 14.7. The van der Waals surface area contributed by atoms with Crippen LogP contribution in [0.1, 0.15) is 57.7 Å². The van der Waals surface area contributed by atoms with Crippen molar-refractivity contribution < 1.29 is 15.0 Å². The molecule has 0 radical (unpaired) electrons. The van der Waals surface area contributed by atoms with Crippen LogP contribution in [0, 0.1) is 0 Å². The van der Waals surface area contributed by atoms with Gasteiger partial charge in [-0.1, -0.05) is 89.2 Å². The Bertz CT molecular complexity index is 739. The second-order valence-corrected chi connectivity index (χ2v) is 8.89. The second kappa shape index (κ2) is 7.24. The third-order valence-corrected chi connectivity index (χ3v) is 5.00. The molecule has 0 amide bonds. The van der Waals surface area contributed by atoms with E-state index in [1.807, 2.05) is 68.4 Å². The van der Waals surface area contributed by atoms with Gasteiger partial charge in [0.25, 0.3) is 0 Å². The number of benzene rings is 2. The smallest absolute Gasteiger partial charge is 0.336 e. The van der Waals surface area contributed by atoms with Crippen LogP contribution in [0.5, 0.6) is 0 Å². The van der Waals surface area contributed by atoms with Crippen molar-refractivity contribution in [3.63, 3.8) is 0 Å². The summed E-state index contributed by atoms with van der Waals surface area (Å²) in [5.41, 5.74) is 0.790. The summed E-state index contributed by atoms with van der Waals surface area (Å²) < 4.78 is 0. The summed E-state index contributed by atoms with van der Waals surface area (Å²) in [6, 6.07) is 17.6. The highest BCUT2D eigenvalue weighted by Crippen LogP contribution is 2.34. The van der Waals surface area contributed by atoms with Crippen molar-refractivity contribution in [2.75, 3.05) is 0 Å². The lowest BCUT2D eigenvalue weighted by Gasteiger charge is -2.34. The standard InChI is InChI=1S/C23H30O3/c1-21(2,3)18-13-11-17(12-14-18)15-23(26,20(24)25)16-22(4,5)19-9-7-6-8-10-19/h6-14,26H,15-16H2,1-5H3,(H,24,25). The van der Waals surface area contributed by atoms with Crippen LogP contribution in [0.2, 0.25) is 0 Å². The molecule has 1 unspecified atom stereocenters. The van der Waals surface area contributed by atoms with Gasteiger partial charge in [0.1, 0.15) is 0 Å². The fourth-order valence-electron chi connectivity index (χ4n) is 3.40. The van der Waals surface area contributed by atoms with Gasteiger partial charge in [0, 0.05) is 6.42 Å². The monoisotopic (exact) mass is 354 g/mol. The lowest BCUT2D eigenvalue weighted by atomic mass is 9.73. The van der Waals surface area contributed by atoms with Gasteiger partial charge < -0.3 is 10.2 Å². The number of aliphatic carboxylic acids is 1. The molecule has 26 heavy (non-hydrogen) atoms. The number of rotatable bonds is 6. The lowest BCUT2D eigenvalue weighted by Crippen LogP contribution is -2.45. The third kappa shape index (κ3) is 4.73.